The number of carbonyl (C=O) groups is 1. The SMILES string of the molecule is CCSc1ccc(C(C)NC(=O)CNCCOC)cc1. The Morgan fingerprint density at radius 3 is 2.65 bits per heavy atom. The molecular formula is C15H24N2O2S. The third-order valence-corrected chi connectivity index (χ3v) is 3.73. The molecule has 0 saturated heterocycles. The van der Waals surface area contributed by atoms with Gasteiger partial charge in [-0.2, -0.15) is 0 Å². The average molecular weight is 296 g/mol. The molecule has 1 atom stereocenters. The third kappa shape index (κ3) is 6.41. The number of nitrogens with one attached hydrogen (secondary N) is 2. The Morgan fingerprint density at radius 1 is 1.35 bits per heavy atom. The van der Waals surface area contributed by atoms with Gasteiger partial charge in [0.25, 0.3) is 0 Å². The first-order chi connectivity index (χ1) is 9.67. The Kier molecular flexibility index (Phi) is 8.34. The second kappa shape index (κ2) is 9.80. The van der Waals surface area contributed by atoms with Gasteiger partial charge in [-0.05, 0) is 30.4 Å². The van der Waals surface area contributed by atoms with Crippen LogP contribution in [0.15, 0.2) is 29.2 Å². The number of hydrogen-bond donors (Lipinski definition) is 2. The minimum absolute atomic E-state index is 0.000567. The van der Waals surface area contributed by atoms with Gasteiger partial charge in [0, 0.05) is 18.6 Å². The highest BCUT2D eigenvalue weighted by molar-refractivity contribution is 7.99. The first kappa shape index (κ1) is 17.0. The third-order valence-electron chi connectivity index (χ3n) is 2.84. The lowest BCUT2D eigenvalue weighted by atomic mass is 10.1. The van der Waals surface area contributed by atoms with Crippen LogP contribution in [0.5, 0.6) is 0 Å². The van der Waals surface area contributed by atoms with Crippen molar-refractivity contribution in [1.82, 2.24) is 10.6 Å². The molecule has 0 fully saturated rings. The molecule has 20 heavy (non-hydrogen) atoms. The number of methoxy groups -OCH3 is 1. The maximum absolute atomic E-state index is 11.7. The predicted molar refractivity (Wildman–Crippen MR) is 84.1 cm³/mol. The summed E-state index contributed by atoms with van der Waals surface area (Å²) in [5.74, 6) is 1.07. The fourth-order valence-corrected chi connectivity index (χ4v) is 2.43. The Morgan fingerprint density at radius 2 is 2.05 bits per heavy atom. The van der Waals surface area contributed by atoms with Crippen LogP contribution < -0.4 is 10.6 Å². The number of benzene rings is 1. The summed E-state index contributed by atoms with van der Waals surface area (Å²) in [4.78, 5) is 13.0. The fraction of sp³-hybridized carbons (Fsp3) is 0.533. The van der Waals surface area contributed by atoms with Crippen molar-refractivity contribution >= 4 is 17.7 Å². The second-order valence-corrected chi connectivity index (χ2v) is 5.80. The van der Waals surface area contributed by atoms with Crippen molar-refractivity contribution in [2.45, 2.75) is 24.8 Å². The van der Waals surface area contributed by atoms with Gasteiger partial charge in [-0.15, -0.1) is 11.8 Å². The number of rotatable bonds is 9. The van der Waals surface area contributed by atoms with E-state index in [0.29, 0.717) is 19.7 Å². The molecule has 1 aromatic rings. The number of thioether (sulfide) groups is 1. The summed E-state index contributed by atoms with van der Waals surface area (Å²) in [6.07, 6.45) is 0. The van der Waals surface area contributed by atoms with Crippen molar-refractivity contribution in [2.24, 2.45) is 0 Å². The van der Waals surface area contributed by atoms with Gasteiger partial charge in [-0.25, -0.2) is 0 Å². The van der Waals surface area contributed by atoms with Crippen molar-refractivity contribution in [3.8, 4) is 0 Å². The molecule has 1 aromatic carbocycles. The predicted octanol–water partition coefficient (Wildman–Crippen LogP) is 2.21. The van der Waals surface area contributed by atoms with Crippen LogP contribution in [0.4, 0.5) is 0 Å². The summed E-state index contributed by atoms with van der Waals surface area (Å²) in [7, 11) is 1.64. The lowest BCUT2D eigenvalue weighted by molar-refractivity contribution is -0.120. The summed E-state index contributed by atoms with van der Waals surface area (Å²) < 4.78 is 4.91. The quantitative estimate of drug-likeness (QED) is 0.542. The van der Waals surface area contributed by atoms with E-state index in [1.807, 2.05) is 18.7 Å². The van der Waals surface area contributed by atoms with E-state index in [0.717, 1.165) is 11.3 Å². The van der Waals surface area contributed by atoms with Crippen molar-refractivity contribution in [1.29, 1.82) is 0 Å². The van der Waals surface area contributed by atoms with Crippen molar-refractivity contribution in [3.05, 3.63) is 29.8 Å². The Hall–Kier alpha value is -1.04. The van der Waals surface area contributed by atoms with E-state index < -0.39 is 0 Å². The van der Waals surface area contributed by atoms with Gasteiger partial charge in [0.05, 0.1) is 19.2 Å². The van der Waals surface area contributed by atoms with Crippen molar-refractivity contribution in [3.63, 3.8) is 0 Å². The fourth-order valence-electron chi connectivity index (χ4n) is 1.77. The van der Waals surface area contributed by atoms with Crippen LogP contribution >= 0.6 is 11.8 Å². The second-order valence-electron chi connectivity index (χ2n) is 4.46. The summed E-state index contributed by atoms with van der Waals surface area (Å²) >= 11 is 1.82. The maximum Gasteiger partial charge on any atom is 0.234 e. The molecule has 0 radical (unpaired) electrons. The first-order valence-electron chi connectivity index (χ1n) is 6.89. The lowest BCUT2D eigenvalue weighted by Crippen LogP contribution is -2.36. The van der Waals surface area contributed by atoms with Crippen LogP contribution in [0.2, 0.25) is 0 Å². The zero-order valence-electron chi connectivity index (χ0n) is 12.4. The van der Waals surface area contributed by atoms with Gasteiger partial charge in [-0.3, -0.25) is 4.79 Å². The highest BCUT2D eigenvalue weighted by Gasteiger charge is 2.09. The molecule has 0 aliphatic carbocycles. The molecule has 0 aliphatic rings. The van der Waals surface area contributed by atoms with E-state index in [1.54, 1.807) is 7.11 Å². The Balaban J connectivity index is 2.37. The number of carbonyl (C=O) groups excluding carboxylic acids is 1. The molecular weight excluding hydrogens is 272 g/mol. The van der Waals surface area contributed by atoms with Gasteiger partial charge in [0.2, 0.25) is 5.91 Å². The minimum atomic E-state index is 0.000567. The molecule has 112 valence electrons. The monoisotopic (exact) mass is 296 g/mol. The topological polar surface area (TPSA) is 50.4 Å². The largest absolute Gasteiger partial charge is 0.383 e. The average Bonchev–Trinajstić information content (AvgIpc) is 2.45. The highest BCUT2D eigenvalue weighted by Crippen LogP contribution is 2.20. The summed E-state index contributed by atoms with van der Waals surface area (Å²) in [6, 6.07) is 8.36. The molecule has 1 amide bonds. The van der Waals surface area contributed by atoms with E-state index in [1.165, 1.54) is 4.90 Å². The van der Waals surface area contributed by atoms with Crippen LogP contribution in [0.25, 0.3) is 0 Å². The van der Waals surface area contributed by atoms with Crippen molar-refractivity contribution < 1.29 is 9.53 Å². The normalized spacial score (nSPS) is 12.2. The zero-order valence-corrected chi connectivity index (χ0v) is 13.3. The number of hydrogen-bond acceptors (Lipinski definition) is 4. The first-order valence-corrected chi connectivity index (χ1v) is 7.87. The smallest absolute Gasteiger partial charge is 0.234 e. The molecule has 4 nitrogen and oxygen atoms in total. The van der Waals surface area contributed by atoms with Crippen LogP contribution in [0, 0.1) is 0 Å². The summed E-state index contributed by atoms with van der Waals surface area (Å²) in [6.45, 7) is 5.74. The molecule has 0 aliphatic heterocycles. The number of amides is 1. The molecule has 0 bridgehead atoms. The van der Waals surface area contributed by atoms with E-state index in [2.05, 4.69) is 41.8 Å². The minimum Gasteiger partial charge on any atom is -0.383 e. The molecule has 0 spiro atoms. The van der Waals surface area contributed by atoms with Gasteiger partial charge in [0.1, 0.15) is 0 Å². The molecule has 1 rings (SSSR count). The van der Waals surface area contributed by atoms with E-state index in [4.69, 9.17) is 4.74 Å². The summed E-state index contributed by atoms with van der Waals surface area (Å²) in [5, 5.41) is 6.00. The van der Waals surface area contributed by atoms with Crippen LogP contribution in [0.3, 0.4) is 0 Å². The van der Waals surface area contributed by atoms with Crippen LogP contribution in [-0.2, 0) is 9.53 Å². The molecule has 2 N–H and O–H groups in total. The molecule has 1 unspecified atom stereocenters. The molecule has 0 aromatic heterocycles. The standard InChI is InChI=1S/C15H24N2O2S/c1-4-20-14-7-5-13(6-8-14)12(2)17-15(18)11-16-9-10-19-3/h5-8,12,16H,4,9-11H2,1-3H3,(H,17,18). The van der Waals surface area contributed by atoms with Gasteiger partial charge >= 0.3 is 0 Å². The molecule has 0 saturated carbocycles. The molecule has 5 heteroatoms. The lowest BCUT2D eigenvalue weighted by Gasteiger charge is -2.15. The Labute approximate surface area is 125 Å². The van der Waals surface area contributed by atoms with E-state index in [9.17, 15) is 4.79 Å². The van der Waals surface area contributed by atoms with Gasteiger partial charge in [0.15, 0.2) is 0 Å². The van der Waals surface area contributed by atoms with E-state index in [-0.39, 0.29) is 11.9 Å². The number of ether oxygens (including phenoxy) is 1. The van der Waals surface area contributed by atoms with E-state index >= 15 is 0 Å². The van der Waals surface area contributed by atoms with Gasteiger partial charge in [-0.1, -0.05) is 19.1 Å². The van der Waals surface area contributed by atoms with Crippen molar-refractivity contribution in [2.75, 3.05) is 32.6 Å². The molecule has 0 heterocycles. The maximum atomic E-state index is 11.7. The summed E-state index contributed by atoms with van der Waals surface area (Å²) in [5.41, 5.74) is 1.12. The van der Waals surface area contributed by atoms with Crippen LogP contribution in [-0.4, -0.2) is 38.5 Å². The Bertz CT molecular complexity index is 395. The van der Waals surface area contributed by atoms with Crippen LogP contribution in [0.1, 0.15) is 25.5 Å². The zero-order chi connectivity index (χ0) is 14.8. The van der Waals surface area contributed by atoms with Gasteiger partial charge < -0.3 is 15.4 Å². The highest BCUT2D eigenvalue weighted by atomic mass is 32.2.